The van der Waals surface area contributed by atoms with Crippen LogP contribution in [0.4, 0.5) is 8.78 Å². The molecule has 0 saturated carbocycles. The molecule has 0 aromatic heterocycles. The Balaban J connectivity index is 3.49. The first kappa shape index (κ1) is 13.4. The van der Waals surface area contributed by atoms with Crippen molar-refractivity contribution in [3.05, 3.63) is 23.8 Å². The highest BCUT2D eigenvalue weighted by Crippen LogP contribution is 2.29. The molecule has 1 N–H and O–H groups in total. The Hall–Kier alpha value is -1.70. The monoisotopic (exact) mass is 266 g/mol. The quantitative estimate of drug-likeness (QED) is 0.890. The predicted octanol–water partition coefficient (Wildman–Crippen LogP) is 1.39. The fourth-order valence-corrected chi connectivity index (χ4v) is 2.04. The van der Waals surface area contributed by atoms with E-state index in [0.717, 1.165) is 19.2 Å². The van der Waals surface area contributed by atoms with Crippen molar-refractivity contribution >= 4 is 15.8 Å². The van der Waals surface area contributed by atoms with Gasteiger partial charge in [0.2, 0.25) is 9.84 Å². The molecular weight excluding hydrogens is 258 g/mol. The molecule has 0 atom stereocenters. The van der Waals surface area contributed by atoms with Crippen molar-refractivity contribution in [1.82, 2.24) is 0 Å². The second kappa shape index (κ2) is 4.66. The number of hydrogen-bond acceptors (Lipinski definition) is 4. The van der Waals surface area contributed by atoms with Crippen molar-refractivity contribution in [2.45, 2.75) is 10.7 Å². The molecule has 0 aliphatic rings. The third-order valence-electron chi connectivity index (χ3n) is 1.95. The molecule has 0 fully saturated rings. The minimum Gasteiger partial charge on any atom is -0.495 e. The first-order valence-corrected chi connectivity index (χ1v) is 5.78. The third kappa shape index (κ3) is 2.52. The van der Waals surface area contributed by atoms with Crippen molar-refractivity contribution in [1.29, 1.82) is 0 Å². The molecule has 0 unspecified atom stereocenters. The lowest BCUT2D eigenvalue weighted by Crippen LogP contribution is -2.13. The number of rotatable bonds is 4. The molecule has 5 nitrogen and oxygen atoms in total. The van der Waals surface area contributed by atoms with Gasteiger partial charge in [-0.25, -0.2) is 13.2 Å². The molecule has 0 saturated heterocycles. The summed E-state index contributed by atoms with van der Waals surface area (Å²) in [6, 6.07) is 2.72. The van der Waals surface area contributed by atoms with Gasteiger partial charge in [0.1, 0.15) is 10.6 Å². The van der Waals surface area contributed by atoms with Gasteiger partial charge in [-0.3, -0.25) is 0 Å². The number of methoxy groups -OCH3 is 1. The van der Waals surface area contributed by atoms with Gasteiger partial charge in [-0.15, -0.1) is 0 Å². The molecule has 0 heterocycles. The van der Waals surface area contributed by atoms with Gasteiger partial charge in [0, 0.05) is 0 Å². The zero-order valence-electron chi connectivity index (χ0n) is 8.55. The summed E-state index contributed by atoms with van der Waals surface area (Å²) < 4.78 is 51.9. The number of hydrogen-bond donors (Lipinski definition) is 1. The van der Waals surface area contributed by atoms with Crippen LogP contribution in [-0.2, 0) is 9.84 Å². The summed E-state index contributed by atoms with van der Waals surface area (Å²) in [4.78, 5) is 9.79. The zero-order valence-corrected chi connectivity index (χ0v) is 9.37. The lowest BCUT2D eigenvalue weighted by Gasteiger charge is -2.09. The molecule has 94 valence electrons. The van der Waals surface area contributed by atoms with Crippen LogP contribution in [0.3, 0.4) is 0 Å². The van der Waals surface area contributed by atoms with E-state index in [1.54, 1.807) is 0 Å². The summed E-state index contributed by atoms with van der Waals surface area (Å²) in [6.07, 6.45) is 0. The van der Waals surface area contributed by atoms with Crippen LogP contribution in [0.1, 0.15) is 10.4 Å². The summed E-state index contributed by atoms with van der Waals surface area (Å²) >= 11 is 0. The van der Waals surface area contributed by atoms with Crippen LogP contribution in [0.25, 0.3) is 0 Å². The summed E-state index contributed by atoms with van der Waals surface area (Å²) in [5.74, 6) is -5.38. The molecule has 17 heavy (non-hydrogen) atoms. The van der Waals surface area contributed by atoms with Crippen LogP contribution in [0.15, 0.2) is 23.1 Å². The number of carboxylic acid groups (broad SMARTS) is 1. The number of benzene rings is 1. The maximum Gasteiger partial charge on any atom is 0.341 e. The molecule has 0 bridgehead atoms. The normalized spacial score (nSPS) is 11.5. The van der Waals surface area contributed by atoms with E-state index in [0.29, 0.717) is 6.07 Å². The first-order chi connectivity index (χ1) is 7.80. The zero-order chi connectivity index (χ0) is 13.2. The molecule has 0 amide bonds. The Morgan fingerprint density at radius 1 is 1.41 bits per heavy atom. The number of aromatic carboxylic acids is 1. The fraction of sp³-hybridized carbons (Fsp3) is 0.222. The van der Waals surface area contributed by atoms with Crippen LogP contribution in [0.5, 0.6) is 5.75 Å². The standard InChI is InChI=1S/C9H8F2O5S/c1-16-6-3-2-5(8(12)13)4-7(6)17(14,15)9(10)11/h2-4,9H,1H3,(H,12,13). The summed E-state index contributed by atoms with van der Waals surface area (Å²) in [7, 11) is -3.80. The Labute approximate surface area is 95.6 Å². The molecule has 0 aliphatic carbocycles. The minimum atomic E-state index is -4.90. The van der Waals surface area contributed by atoms with E-state index in [1.165, 1.54) is 0 Å². The molecule has 0 spiro atoms. The Bertz CT molecular complexity index is 538. The Kier molecular flexibility index (Phi) is 3.66. The van der Waals surface area contributed by atoms with Crippen molar-refractivity contribution in [3.8, 4) is 5.75 Å². The summed E-state index contributed by atoms with van der Waals surface area (Å²) in [6.45, 7) is 0. The van der Waals surface area contributed by atoms with Gasteiger partial charge in [-0.05, 0) is 18.2 Å². The van der Waals surface area contributed by atoms with Gasteiger partial charge >= 0.3 is 11.7 Å². The van der Waals surface area contributed by atoms with Gasteiger partial charge < -0.3 is 9.84 Å². The number of halogens is 2. The molecule has 1 rings (SSSR count). The predicted molar refractivity (Wildman–Crippen MR) is 53.1 cm³/mol. The number of sulfone groups is 1. The molecule has 8 heteroatoms. The largest absolute Gasteiger partial charge is 0.495 e. The van der Waals surface area contributed by atoms with Crippen molar-refractivity contribution in [2.75, 3.05) is 7.11 Å². The number of alkyl halides is 2. The maximum absolute atomic E-state index is 12.4. The summed E-state index contributed by atoms with van der Waals surface area (Å²) in [5.41, 5.74) is -0.412. The number of ether oxygens (including phenoxy) is 1. The second-order valence-corrected chi connectivity index (χ2v) is 4.86. The lowest BCUT2D eigenvalue weighted by atomic mass is 10.2. The minimum absolute atomic E-state index is 0.324. The van der Waals surface area contributed by atoms with E-state index >= 15 is 0 Å². The van der Waals surface area contributed by atoms with Crippen molar-refractivity contribution in [2.24, 2.45) is 0 Å². The molecule has 1 aromatic carbocycles. The highest BCUT2D eigenvalue weighted by molar-refractivity contribution is 7.91. The lowest BCUT2D eigenvalue weighted by molar-refractivity contribution is 0.0696. The van der Waals surface area contributed by atoms with E-state index in [-0.39, 0.29) is 5.75 Å². The van der Waals surface area contributed by atoms with Gasteiger partial charge in [-0.2, -0.15) is 8.78 Å². The topological polar surface area (TPSA) is 80.7 Å². The number of carboxylic acids is 1. The van der Waals surface area contributed by atoms with E-state index in [9.17, 15) is 22.0 Å². The third-order valence-corrected chi connectivity index (χ3v) is 3.35. The average molecular weight is 266 g/mol. The smallest absolute Gasteiger partial charge is 0.341 e. The van der Waals surface area contributed by atoms with Crippen LogP contribution < -0.4 is 4.74 Å². The molecule has 0 aliphatic heterocycles. The van der Waals surface area contributed by atoms with Crippen LogP contribution in [-0.4, -0.2) is 32.4 Å². The first-order valence-electron chi connectivity index (χ1n) is 4.24. The van der Waals surface area contributed by atoms with Gasteiger partial charge in [0.15, 0.2) is 0 Å². The van der Waals surface area contributed by atoms with E-state index in [4.69, 9.17) is 5.11 Å². The summed E-state index contributed by atoms with van der Waals surface area (Å²) in [5, 5.41) is 8.65. The van der Waals surface area contributed by atoms with Crippen molar-refractivity contribution in [3.63, 3.8) is 0 Å². The maximum atomic E-state index is 12.4. The van der Waals surface area contributed by atoms with Crippen LogP contribution >= 0.6 is 0 Å². The van der Waals surface area contributed by atoms with E-state index in [2.05, 4.69) is 4.74 Å². The number of carbonyl (C=O) groups is 1. The van der Waals surface area contributed by atoms with Gasteiger partial charge in [0.05, 0.1) is 12.7 Å². The SMILES string of the molecule is COc1ccc(C(=O)O)cc1S(=O)(=O)C(F)F. The Morgan fingerprint density at radius 2 is 2.00 bits per heavy atom. The Morgan fingerprint density at radius 3 is 2.41 bits per heavy atom. The van der Waals surface area contributed by atoms with Gasteiger partial charge in [-0.1, -0.05) is 0 Å². The fourth-order valence-electron chi connectivity index (χ4n) is 1.13. The van der Waals surface area contributed by atoms with E-state index < -0.39 is 32.0 Å². The highest BCUT2D eigenvalue weighted by Gasteiger charge is 2.30. The van der Waals surface area contributed by atoms with Gasteiger partial charge in [0.25, 0.3) is 0 Å². The average Bonchev–Trinajstić information content (AvgIpc) is 2.27. The van der Waals surface area contributed by atoms with Crippen molar-refractivity contribution < 1.29 is 31.8 Å². The van der Waals surface area contributed by atoms with E-state index in [1.807, 2.05) is 0 Å². The second-order valence-electron chi connectivity index (χ2n) is 2.98. The van der Waals surface area contributed by atoms with Crippen LogP contribution in [0, 0.1) is 0 Å². The molecule has 0 radical (unpaired) electrons. The van der Waals surface area contributed by atoms with Crippen LogP contribution in [0.2, 0.25) is 0 Å². The highest BCUT2D eigenvalue weighted by atomic mass is 32.2. The molecular formula is C9H8F2O5S. The molecule has 1 aromatic rings.